The molecular formula is C20H22FN3O4S. The second-order valence-corrected chi connectivity index (χ2v) is 8.70. The summed E-state index contributed by atoms with van der Waals surface area (Å²) in [5.41, 5.74) is 0.0320. The van der Waals surface area contributed by atoms with Gasteiger partial charge in [0.15, 0.2) is 0 Å². The van der Waals surface area contributed by atoms with E-state index in [0.717, 1.165) is 0 Å². The molecule has 3 rings (SSSR count). The summed E-state index contributed by atoms with van der Waals surface area (Å²) < 4.78 is 40.4. The molecular weight excluding hydrogens is 397 g/mol. The quantitative estimate of drug-likeness (QED) is 0.749. The topological polar surface area (TPSA) is 95.6 Å². The van der Waals surface area contributed by atoms with Crippen molar-refractivity contribution in [1.82, 2.24) is 9.62 Å². The number of hydrogen-bond donors (Lipinski definition) is 2. The molecule has 0 unspecified atom stereocenters. The molecule has 2 aromatic rings. The SMILES string of the molecule is O=C(CNC(=O)[C@H]1CCCN(S(=O)(=O)c2ccccc2)C1)Nc1ccccc1F. The Kier molecular flexibility index (Phi) is 6.60. The molecule has 0 radical (unpaired) electrons. The number of nitrogens with one attached hydrogen (secondary N) is 2. The van der Waals surface area contributed by atoms with Gasteiger partial charge in [-0.05, 0) is 37.1 Å². The van der Waals surface area contributed by atoms with E-state index >= 15 is 0 Å². The van der Waals surface area contributed by atoms with E-state index in [0.29, 0.717) is 19.4 Å². The van der Waals surface area contributed by atoms with Crippen molar-refractivity contribution < 1.29 is 22.4 Å². The fraction of sp³-hybridized carbons (Fsp3) is 0.300. The largest absolute Gasteiger partial charge is 0.347 e. The van der Waals surface area contributed by atoms with Crippen molar-refractivity contribution in [2.75, 3.05) is 25.0 Å². The molecule has 0 saturated carbocycles. The lowest BCUT2D eigenvalue weighted by atomic mass is 9.99. The first-order valence-corrected chi connectivity index (χ1v) is 10.7. The highest BCUT2D eigenvalue weighted by Gasteiger charge is 2.33. The Morgan fingerprint density at radius 2 is 1.76 bits per heavy atom. The third-order valence-corrected chi connectivity index (χ3v) is 6.59. The molecule has 0 spiro atoms. The first-order chi connectivity index (χ1) is 13.9. The van der Waals surface area contributed by atoms with Crippen molar-refractivity contribution in [3.05, 3.63) is 60.4 Å². The Balaban J connectivity index is 1.56. The van der Waals surface area contributed by atoms with E-state index in [9.17, 15) is 22.4 Å². The molecule has 154 valence electrons. The predicted octanol–water partition coefficient (Wildman–Crippen LogP) is 1.98. The van der Waals surface area contributed by atoms with Crippen LogP contribution in [-0.4, -0.2) is 44.2 Å². The molecule has 1 heterocycles. The maximum Gasteiger partial charge on any atom is 0.243 e. The summed E-state index contributed by atoms with van der Waals surface area (Å²) in [5, 5.41) is 4.90. The molecule has 1 saturated heterocycles. The Morgan fingerprint density at radius 1 is 1.07 bits per heavy atom. The minimum Gasteiger partial charge on any atom is -0.347 e. The van der Waals surface area contributed by atoms with E-state index in [1.54, 1.807) is 24.3 Å². The zero-order valence-corrected chi connectivity index (χ0v) is 16.5. The second-order valence-electron chi connectivity index (χ2n) is 6.76. The lowest BCUT2D eigenvalue weighted by Crippen LogP contribution is -2.46. The van der Waals surface area contributed by atoms with Crippen LogP contribution in [0.4, 0.5) is 10.1 Å². The number of piperidine rings is 1. The lowest BCUT2D eigenvalue weighted by molar-refractivity contribution is -0.128. The summed E-state index contributed by atoms with van der Waals surface area (Å²) in [6.07, 6.45) is 1.08. The molecule has 9 heteroatoms. The minimum absolute atomic E-state index is 0.0320. The number of para-hydroxylation sites is 1. The average Bonchev–Trinajstić information content (AvgIpc) is 2.74. The highest BCUT2D eigenvalue weighted by molar-refractivity contribution is 7.89. The normalized spacial score (nSPS) is 17.5. The smallest absolute Gasteiger partial charge is 0.243 e. The van der Waals surface area contributed by atoms with Gasteiger partial charge in [0.2, 0.25) is 21.8 Å². The second kappa shape index (κ2) is 9.15. The zero-order valence-electron chi connectivity index (χ0n) is 15.7. The number of sulfonamides is 1. The molecule has 1 atom stereocenters. The number of carbonyl (C=O) groups excluding carboxylic acids is 2. The van der Waals surface area contributed by atoms with Gasteiger partial charge in [-0.25, -0.2) is 12.8 Å². The molecule has 0 aromatic heterocycles. The predicted molar refractivity (Wildman–Crippen MR) is 106 cm³/mol. The van der Waals surface area contributed by atoms with Crippen LogP contribution in [0, 0.1) is 11.7 Å². The summed E-state index contributed by atoms with van der Waals surface area (Å²) in [7, 11) is -3.67. The van der Waals surface area contributed by atoms with Crippen molar-refractivity contribution in [2.24, 2.45) is 5.92 Å². The van der Waals surface area contributed by atoms with Crippen molar-refractivity contribution >= 4 is 27.5 Å². The van der Waals surface area contributed by atoms with Crippen LogP contribution in [0.3, 0.4) is 0 Å². The van der Waals surface area contributed by atoms with Crippen LogP contribution in [0.2, 0.25) is 0 Å². The van der Waals surface area contributed by atoms with E-state index < -0.39 is 33.6 Å². The van der Waals surface area contributed by atoms with Crippen LogP contribution in [0.15, 0.2) is 59.5 Å². The van der Waals surface area contributed by atoms with Gasteiger partial charge in [-0.1, -0.05) is 30.3 Å². The molecule has 29 heavy (non-hydrogen) atoms. The van der Waals surface area contributed by atoms with Crippen molar-refractivity contribution in [3.8, 4) is 0 Å². The van der Waals surface area contributed by atoms with Crippen LogP contribution in [-0.2, 0) is 19.6 Å². The first-order valence-electron chi connectivity index (χ1n) is 9.25. The number of rotatable bonds is 6. The monoisotopic (exact) mass is 419 g/mol. The Morgan fingerprint density at radius 3 is 2.48 bits per heavy atom. The van der Waals surface area contributed by atoms with E-state index in [2.05, 4.69) is 10.6 Å². The van der Waals surface area contributed by atoms with Gasteiger partial charge in [-0.3, -0.25) is 9.59 Å². The van der Waals surface area contributed by atoms with Gasteiger partial charge in [-0.15, -0.1) is 0 Å². The van der Waals surface area contributed by atoms with E-state index in [1.165, 1.54) is 34.6 Å². The average molecular weight is 419 g/mol. The van der Waals surface area contributed by atoms with Crippen molar-refractivity contribution in [2.45, 2.75) is 17.7 Å². The molecule has 7 nitrogen and oxygen atoms in total. The summed E-state index contributed by atoms with van der Waals surface area (Å²) in [6.45, 7) is 0.0713. The highest BCUT2D eigenvalue weighted by Crippen LogP contribution is 2.23. The number of benzene rings is 2. The van der Waals surface area contributed by atoms with E-state index in [-0.39, 0.29) is 23.7 Å². The number of halogens is 1. The van der Waals surface area contributed by atoms with Crippen LogP contribution in [0.1, 0.15) is 12.8 Å². The Hall–Kier alpha value is -2.78. The Bertz CT molecular complexity index is 982. The van der Waals surface area contributed by atoms with Crippen LogP contribution >= 0.6 is 0 Å². The third kappa shape index (κ3) is 5.18. The van der Waals surface area contributed by atoms with Crippen LogP contribution < -0.4 is 10.6 Å². The van der Waals surface area contributed by atoms with E-state index in [4.69, 9.17) is 0 Å². The molecule has 1 aliphatic heterocycles. The number of carbonyl (C=O) groups is 2. The fourth-order valence-electron chi connectivity index (χ4n) is 3.18. The number of anilines is 1. The van der Waals surface area contributed by atoms with Gasteiger partial charge < -0.3 is 10.6 Å². The van der Waals surface area contributed by atoms with Crippen LogP contribution in [0.5, 0.6) is 0 Å². The van der Waals surface area contributed by atoms with E-state index in [1.807, 2.05) is 0 Å². The minimum atomic E-state index is -3.67. The van der Waals surface area contributed by atoms with Crippen LogP contribution in [0.25, 0.3) is 0 Å². The fourth-order valence-corrected chi connectivity index (χ4v) is 4.73. The first kappa shape index (κ1) is 20.9. The maximum atomic E-state index is 13.6. The lowest BCUT2D eigenvalue weighted by Gasteiger charge is -2.31. The molecule has 1 aliphatic rings. The van der Waals surface area contributed by atoms with Crippen molar-refractivity contribution in [1.29, 1.82) is 0 Å². The van der Waals surface area contributed by atoms with Gasteiger partial charge in [0.05, 0.1) is 23.0 Å². The highest BCUT2D eigenvalue weighted by atomic mass is 32.2. The van der Waals surface area contributed by atoms with Gasteiger partial charge in [-0.2, -0.15) is 4.31 Å². The summed E-state index contributed by atoms with van der Waals surface area (Å²) in [6, 6.07) is 13.8. The molecule has 1 fully saturated rings. The van der Waals surface area contributed by atoms with Gasteiger partial charge in [0.1, 0.15) is 5.82 Å². The third-order valence-electron chi connectivity index (χ3n) is 4.71. The van der Waals surface area contributed by atoms with Gasteiger partial charge in [0, 0.05) is 13.1 Å². The van der Waals surface area contributed by atoms with Crippen molar-refractivity contribution in [3.63, 3.8) is 0 Å². The van der Waals surface area contributed by atoms with Gasteiger partial charge >= 0.3 is 0 Å². The molecule has 2 aromatic carbocycles. The molecule has 0 aliphatic carbocycles. The summed E-state index contributed by atoms with van der Waals surface area (Å²) in [5.74, 6) is -2.08. The maximum absolute atomic E-state index is 13.6. The summed E-state index contributed by atoms with van der Waals surface area (Å²) >= 11 is 0. The molecule has 0 bridgehead atoms. The number of nitrogens with zero attached hydrogens (tertiary/aromatic N) is 1. The Labute approximate surface area is 169 Å². The molecule has 2 N–H and O–H groups in total. The number of hydrogen-bond acceptors (Lipinski definition) is 4. The molecule has 2 amide bonds. The zero-order chi connectivity index (χ0) is 20.9. The number of amides is 2. The van der Waals surface area contributed by atoms with Gasteiger partial charge in [0.25, 0.3) is 0 Å². The summed E-state index contributed by atoms with van der Waals surface area (Å²) in [4.78, 5) is 24.6. The standard InChI is InChI=1S/C20H22FN3O4S/c21-17-10-4-5-11-18(17)23-19(25)13-22-20(26)15-7-6-12-24(14-15)29(27,28)16-8-2-1-3-9-16/h1-5,8-11,15H,6-7,12-14H2,(H,22,26)(H,23,25)/t15-/m0/s1.